The lowest BCUT2D eigenvalue weighted by atomic mass is 10.1. The molecule has 0 spiro atoms. The number of carbonyl (C=O) groups is 1. The second-order valence-electron chi connectivity index (χ2n) is 7.31. The molecule has 1 aromatic heterocycles. The predicted molar refractivity (Wildman–Crippen MR) is 112 cm³/mol. The van der Waals surface area contributed by atoms with Gasteiger partial charge in [0.05, 0.1) is 17.8 Å². The molecule has 6 nitrogen and oxygen atoms in total. The first kappa shape index (κ1) is 27.9. The van der Waals surface area contributed by atoms with Crippen LogP contribution in [-0.2, 0) is 22.5 Å². The number of nitrogens with zero attached hydrogens (tertiary/aromatic N) is 3. The zero-order chi connectivity index (χ0) is 21.3. The Hall–Kier alpha value is -1.27. The van der Waals surface area contributed by atoms with Crippen LogP contribution in [0.15, 0.2) is 6.20 Å². The van der Waals surface area contributed by atoms with Crippen molar-refractivity contribution in [1.29, 1.82) is 0 Å². The molecule has 1 aromatic rings. The van der Waals surface area contributed by atoms with Gasteiger partial charge in [-0.3, -0.25) is 4.79 Å². The lowest BCUT2D eigenvalue weighted by molar-refractivity contribution is -0.118. The highest BCUT2D eigenvalue weighted by atomic mass is 16.5. The van der Waals surface area contributed by atoms with E-state index in [0.29, 0.717) is 38.3 Å². The maximum Gasteiger partial charge on any atom is 0.133 e. The Labute approximate surface area is 166 Å². The minimum absolute atomic E-state index is 0.265. The Bertz CT molecular complexity index is 469. The molecule has 1 rings (SSSR count). The summed E-state index contributed by atoms with van der Waals surface area (Å²) in [6.07, 6.45) is 5.65. The molecule has 27 heavy (non-hydrogen) atoms. The van der Waals surface area contributed by atoms with Crippen LogP contribution in [0.4, 0.5) is 0 Å². The molecule has 1 N–H and O–H groups in total. The average Bonchev–Trinajstić information content (AvgIpc) is 3.07. The number of aliphatic hydroxyl groups is 1. The van der Waals surface area contributed by atoms with Crippen LogP contribution in [0, 0.1) is 5.92 Å². The van der Waals surface area contributed by atoms with Gasteiger partial charge in [-0.25, -0.2) is 4.68 Å². The average molecular weight is 386 g/mol. The Morgan fingerprint density at radius 2 is 1.89 bits per heavy atom. The molecule has 160 valence electrons. The molecule has 0 aliphatic carbocycles. The highest BCUT2D eigenvalue weighted by molar-refractivity contribution is 5.78. The standard InChI is InChI=1S/C16H29N3O2.C3H8O.C2H6/c1-6-15(20)8-7-14-11-19(18-17-14)12-16(4,5)21-10-9-13(2)3;1-2-3-4;1-2/h11,13H,6-10,12H2,1-5H3;4H,2-3H2,1H3;1-2H3. The SMILES string of the molecule is CC.CCC(=O)CCc1cn(CC(C)(C)OCCC(C)C)nn1.CCCO. The summed E-state index contributed by atoms with van der Waals surface area (Å²) in [6.45, 7) is 18.1. The maximum absolute atomic E-state index is 11.3. The smallest absolute Gasteiger partial charge is 0.133 e. The molecular weight excluding hydrogens is 342 g/mol. The number of hydrogen-bond acceptors (Lipinski definition) is 5. The molecule has 0 saturated heterocycles. The van der Waals surface area contributed by atoms with E-state index < -0.39 is 0 Å². The second-order valence-corrected chi connectivity index (χ2v) is 7.31. The van der Waals surface area contributed by atoms with Crippen LogP contribution < -0.4 is 0 Å². The predicted octanol–water partition coefficient (Wildman–Crippen LogP) is 4.45. The summed E-state index contributed by atoms with van der Waals surface area (Å²) in [5, 5.41) is 16.1. The number of carbonyl (C=O) groups excluding carboxylic acids is 1. The fourth-order valence-electron chi connectivity index (χ4n) is 1.98. The second kappa shape index (κ2) is 16.9. The Morgan fingerprint density at radius 3 is 2.37 bits per heavy atom. The number of aliphatic hydroxyl groups excluding tert-OH is 1. The van der Waals surface area contributed by atoms with Gasteiger partial charge in [-0.2, -0.15) is 0 Å². The van der Waals surface area contributed by atoms with E-state index in [1.807, 2.05) is 33.9 Å². The van der Waals surface area contributed by atoms with E-state index in [0.717, 1.165) is 25.1 Å². The van der Waals surface area contributed by atoms with Crippen molar-refractivity contribution in [3.63, 3.8) is 0 Å². The number of ether oxygens (including phenoxy) is 1. The summed E-state index contributed by atoms with van der Waals surface area (Å²) in [5.41, 5.74) is 0.605. The topological polar surface area (TPSA) is 77.2 Å². The quantitative estimate of drug-likeness (QED) is 0.609. The van der Waals surface area contributed by atoms with Gasteiger partial charge < -0.3 is 9.84 Å². The summed E-state index contributed by atoms with van der Waals surface area (Å²) in [4.78, 5) is 11.3. The van der Waals surface area contributed by atoms with Crippen LogP contribution in [0.5, 0.6) is 0 Å². The highest BCUT2D eigenvalue weighted by Crippen LogP contribution is 2.14. The third-order valence-corrected chi connectivity index (χ3v) is 3.59. The van der Waals surface area contributed by atoms with Crippen molar-refractivity contribution in [3.8, 4) is 0 Å². The van der Waals surface area contributed by atoms with Crippen LogP contribution in [0.25, 0.3) is 0 Å². The lowest BCUT2D eigenvalue weighted by Gasteiger charge is -2.25. The first-order valence-electron chi connectivity index (χ1n) is 10.4. The van der Waals surface area contributed by atoms with E-state index in [2.05, 4.69) is 38.0 Å². The lowest BCUT2D eigenvalue weighted by Crippen LogP contribution is -2.31. The Kier molecular flexibility index (Phi) is 17.5. The van der Waals surface area contributed by atoms with Crippen molar-refractivity contribution >= 4 is 5.78 Å². The van der Waals surface area contributed by atoms with Crippen LogP contribution in [0.2, 0.25) is 0 Å². The number of rotatable bonds is 11. The van der Waals surface area contributed by atoms with Crippen molar-refractivity contribution in [1.82, 2.24) is 15.0 Å². The van der Waals surface area contributed by atoms with E-state index >= 15 is 0 Å². The van der Waals surface area contributed by atoms with E-state index in [9.17, 15) is 4.79 Å². The highest BCUT2D eigenvalue weighted by Gasteiger charge is 2.20. The van der Waals surface area contributed by atoms with E-state index in [-0.39, 0.29) is 11.4 Å². The first-order chi connectivity index (χ1) is 12.7. The largest absolute Gasteiger partial charge is 0.396 e. The molecule has 1 heterocycles. The zero-order valence-corrected chi connectivity index (χ0v) is 18.9. The molecule has 0 radical (unpaired) electrons. The minimum atomic E-state index is -0.265. The van der Waals surface area contributed by atoms with Gasteiger partial charge >= 0.3 is 0 Å². The normalized spacial score (nSPS) is 10.7. The number of hydrogen-bond donors (Lipinski definition) is 1. The van der Waals surface area contributed by atoms with Gasteiger partial charge in [-0.1, -0.05) is 46.8 Å². The summed E-state index contributed by atoms with van der Waals surface area (Å²) >= 11 is 0. The van der Waals surface area contributed by atoms with Gasteiger partial charge in [0.15, 0.2) is 0 Å². The molecule has 6 heteroatoms. The minimum Gasteiger partial charge on any atom is -0.396 e. The number of aryl methyl sites for hydroxylation is 1. The van der Waals surface area contributed by atoms with Crippen molar-refractivity contribution in [2.45, 2.75) is 99.6 Å². The summed E-state index contributed by atoms with van der Waals surface area (Å²) in [5.74, 6) is 0.914. The molecule has 0 bridgehead atoms. The van der Waals surface area contributed by atoms with Crippen molar-refractivity contribution in [2.75, 3.05) is 13.2 Å². The zero-order valence-electron chi connectivity index (χ0n) is 18.9. The van der Waals surface area contributed by atoms with Crippen LogP contribution in [0.3, 0.4) is 0 Å². The Morgan fingerprint density at radius 1 is 1.30 bits per heavy atom. The van der Waals surface area contributed by atoms with E-state index in [1.54, 1.807) is 4.68 Å². The van der Waals surface area contributed by atoms with Crippen molar-refractivity contribution < 1.29 is 14.6 Å². The third kappa shape index (κ3) is 16.6. The molecule has 0 aliphatic heterocycles. The molecule has 0 fully saturated rings. The molecule has 0 unspecified atom stereocenters. The fraction of sp³-hybridized carbons (Fsp3) is 0.857. The molecule has 0 amide bonds. The van der Waals surface area contributed by atoms with Gasteiger partial charge in [0.2, 0.25) is 0 Å². The van der Waals surface area contributed by atoms with Gasteiger partial charge in [-0.05, 0) is 39.0 Å². The molecule has 0 aromatic carbocycles. The van der Waals surface area contributed by atoms with Gasteiger partial charge in [-0.15, -0.1) is 5.10 Å². The number of Topliss-reactive ketones (excluding diaryl/α,β-unsaturated/α-hetero) is 1. The number of ketones is 1. The maximum atomic E-state index is 11.3. The molecule has 0 atom stereocenters. The van der Waals surface area contributed by atoms with E-state index in [1.165, 1.54) is 0 Å². The van der Waals surface area contributed by atoms with Gasteiger partial charge in [0.1, 0.15) is 5.78 Å². The van der Waals surface area contributed by atoms with E-state index in [4.69, 9.17) is 9.84 Å². The summed E-state index contributed by atoms with van der Waals surface area (Å²) in [7, 11) is 0. The summed E-state index contributed by atoms with van der Waals surface area (Å²) < 4.78 is 7.73. The van der Waals surface area contributed by atoms with Crippen molar-refractivity contribution in [2.24, 2.45) is 5.92 Å². The van der Waals surface area contributed by atoms with Gasteiger partial charge in [0, 0.05) is 32.3 Å². The van der Waals surface area contributed by atoms with Crippen LogP contribution in [-0.4, -0.2) is 44.7 Å². The van der Waals surface area contributed by atoms with Gasteiger partial charge in [0.25, 0.3) is 0 Å². The van der Waals surface area contributed by atoms with Crippen LogP contribution in [0.1, 0.15) is 86.8 Å². The monoisotopic (exact) mass is 385 g/mol. The molecular formula is C21H43N3O3. The third-order valence-electron chi connectivity index (χ3n) is 3.59. The fourth-order valence-corrected chi connectivity index (χ4v) is 1.98. The first-order valence-corrected chi connectivity index (χ1v) is 10.4. The number of aromatic nitrogens is 3. The van der Waals surface area contributed by atoms with Crippen LogP contribution >= 0.6 is 0 Å². The molecule has 0 saturated carbocycles. The summed E-state index contributed by atoms with van der Waals surface area (Å²) in [6, 6.07) is 0. The Balaban J connectivity index is 0. The molecule has 0 aliphatic rings. The van der Waals surface area contributed by atoms with Crippen molar-refractivity contribution in [3.05, 3.63) is 11.9 Å².